The molecule has 0 unspecified atom stereocenters. The number of H-pyrrole nitrogens is 1. The maximum absolute atomic E-state index is 11.9. The van der Waals surface area contributed by atoms with Crippen molar-refractivity contribution in [3.63, 3.8) is 0 Å². The van der Waals surface area contributed by atoms with Gasteiger partial charge < -0.3 is 9.72 Å². The Balaban J connectivity index is 2.42. The third-order valence-corrected chi connectivity index (χ3v) is 3.10. The van der Waals surface area contributed by atoms with E-state index < -0.39 is 5.97 Å². The lowest BCUT2D eigenvalue weighted by Gasteiger charge is -2.03. The van der Waals surface area contributed by atoms with E-state index in [4.69, 9.17) is 11.6 Å². The molecule has 0 saturated heterocycles. The lowest BCUT2D eigenvalue weighted by molar-refractivity contribution is -0.139. The number of hydrogen-bond acceptors (Lipinski definition) is 3. The van der Waals surface area contributed by atoms with Crippen molar-refractivity contribution in [3.8, 4) is 0 Å². The summed E-state index contributed by atoms with van der Waals surface area (Å²) in [5.41, 5.74) is 2.21. The smallest absolute Gasteiger partial charge is 0.313 e. The number of hydrogen-bond donors (Lipinski definition) is 1. The Morgan fingerprint density at radius 2 is 2.11 bits per heavy atom. The third kappa shape index (κ3) is 2.24. The molecule has 0 amide bonds. The van der Waals surface area contributed by atoms with Crippen LogP contribution in [0.1, 0.15) is 22.3 Å². The number of ketones is 1. The van der Waals surface area contributed by atoms with Crippen LogP contribution in [0.25, 0.3) is 10.9 Å². The van der Waals surface area contributed by atoms with Crippen LogP contribution in [0.4, 0.5) is 0 Å². The van der Waals surface area contributed by atoms with Crippen LogP contribution >= 0.6 is 11.6 Å². The van der Waals surface area contributed by atoms with Gasteiger partial charge in [0.1, 0.15) is 6.42 Å². The fourth-order valence-corrected chi connectivity index (χ4v) is 2.06. The quantitative estimate of drug-likeness (QED) is 0.527. The molecule has 4 nitrogen and oxygen atoms in total. The second kappa shape index (κ2) is 4.82. The molecule has 2 rings (SSSR count). The molecule has 0 aliphatic rings. The molecule has 1 aromatic heterocycles. The molecule has 0 spiro atoms. The lowest BCUT2D eigenvalue weighted by Crippen LogP contribution is -2.09. The van der Waals surface area contributed by atoms with Gasteiger partial charge in [0, 0.05) is 17.1 Å². The van der Waals surface area contributed by atoms with Crippen molar-refractivity contribution in [2.45, 2.75) is 13.3 Å². The Kier molecular flexibility index (Phi) is 3.39. The summed E-state index contributed by atoms with van der Waals surface area (Å²) < 4.78 is 4.47. The Labute approximate surface area is 109 Å². The molecule has 0 bridgehead atoms. The van der Waals surface area contributed by atoms with Crippen LogP contribution in [0.15, 0.2) is 18.3 Å². The van der Waals surface area contributed by atoms with Crippen molar-refractivity contribution in [1.82, 2.24) is 4.98 Å². The summed E-state index contributed by atoms with van der Waals surface area (Å²) in [6.07, 6.45) is 1.55. The minimum Gasteiger partial charge on any atom is -0.469 e. The summed E-state index contributed by atoms with van der Waals surface area (Å²) >= 11 is 6.09. The number of methoxy groups -OCH3 is 1. The number of carbonyl (C=O) groups is 2. The van der Waals surface area contributed by atoms with Crippen molar-refractivity contribution in [2.75, 3.05) is 7.11 Å². The highest BCUT2D eigenvalue weighted by Gasteiger charge is 2.15. The van der Waals surface area contributed by atoms with Crippen LogP contribution in [0.2, 0.25) is 5.02 Å². The summed E-state index contributed by atoms with van der Waals surface area (Å²) in [4.78, 5) is 26.0. The Morgan fingerprint density at radius 1 is 1.39 bits per heavy atom. The molecule has 2 aromatic rings. The van der Waals surface area contributed by atoms with E-state index in [9.17, 15) is 9.59 Å². The zero-order chi connectivity index (χ0) is 13.3. The summed E-state index contributed by atoms with van der Waals surface area (Å²) in [7, 11) is 1.25. The first-order valence-electron chi connectivity index (χ1n) is 5.40. The Bertz CT molecular complexity index is 630. The van der Waals surface area contributed by atoms with Crippen LogP contribution in [0.3, 0.4) is 0 Å². The van der Waals surface area contributed by atoms with E-state index in [1.54, 1.807) is 12.1 Å². The molecular weight excluding hydrogens is 254 g/mol. The largest absolute Gasteiger partial charge is 0.469 e. The number of nitrogens with one attached hydrogen (secondary N) is 1. The van der Waals surface area contributed by atoms with Crippen molar-refractivity contribution in [1.29, 1.82) is 0 Å². The van der Waals surface area contributed by atoms with Gasteiger partial charge in [-0.25, -0.2) is 0 Å². The van der Waals surface area contributed by atoms with Gasteiger partial charge >= 0.3 is 5.97 Å². The topological polar surface area (TPSA) is 59.2 Å². The number of aryl methyl sites for hydroxylation is 1. The number of Topliss-reactive ketones (excluding diaryl/α,β-unsaturated/α-hetero) is 1. The maximum Gasteiger partial charge on any atom is 0.313 e. The van der Waals surface area contributed by atoms with Crippen LogP contribution in [-0.2, 0) is 9.53 Å². The van der Waals surface area contributed by atoms with E-state index in [2.05, 4.69) is 9.72 Å². The highest BCUT2D eigenvalue weighted by molar-refractivity contribution is 6.35. The molecule has 0 radical (unpaired) electrons. The van der Waals surface area contributed by atoms with E-state index in [-0.39, 0.29) is 12.2 Å². The van der Waals surface area contributed by atoms with Gasteiger partial charge in [0.25, 0.3) is 0 Å². The standard InChI is InChI=1S/C13H12ClNO3/c1-7-6-15-13-9(7)3-8(4-10(13)14)11(16)5-12(17)18-2/h3-4,6,15H,5H2,1-2H3. The van der Waals surface area contributed by atoms with Gasteiger partial charge in [-0.1, -0.05) is 11.6 Å². The summed E-state index contributed by atoms with van der Waals surface area (Å²) in [5.74, 6) is -0.853. The van der Waals surface area contributed by atoms with Gasteiger partial charge in [0.15, 0.2) is 5.78 Å². The first-order valence-corrected chi connectivity index (χ1v) is 5.78. The first kappa shape index (κ1) is 12.6. The van der Waals surface area contributed by atoms with Gasteiger partial charge in [0.2, 0.25) is 0 Å². The number of aromatic amines is 1. The number of benzene rings is 1. The molecule has 5 heteroatoms. The number of ether oxygens (including phenoxy) is 1. The molecule has 0 atom stereocenters. The minimum atomic E-state index is -0.554. The van der Waals surface area contributed by atoms with Crippen LogP contribution in [0, 0.1) is 6.92 Å². The van der Waals surface area contributed by atoms with Crippen molar-refractivity contribution < 1.29 is 14.3 Å². The lowest BCUT2D eigenvalue weighted by atomic mass is 10.0. The Morgan fingerprint density at radius 3 is 2.78 bits per heavy atom. The van der Waals surface area contributed by atoms with Gasteiger partial charge in [-0.2, -0.15) is 0 Å². The summed E-state index contributed by atoms with van der Waals surface area (Å²) in [5, 5.41) is 1.35. The van der Waals surface area contributed by atoms with Gasteiger partial charge in [-0.15, -0.1) is 0 Å². The monoisotopic (exact) mass is 265 g/mol. The molecule has 0 saturated carbocycles. The first-order chi connectivity index (χ1) is 8.52. The number of fused-ring (bicyclic) bond motifs is 1. The summed E-state index contributed by atoms with van der Waals surface area (Å²) in [6, 6.07) is 3.30. The van der Waals surface area contributed by atoms with E-state index in [1.807, 2.05) is 13.1 Å². The van der Waals surface area contributed by atoms with E-state index >= 15 is 0 Å². The predicted octanol–water partition coefficient (Wildman–Crippen LogP) is 2.88. The average Bonchev–Trinajstić information content (AvgIpc) is 2.71. The molecule has 94 valence electrons. The SMILES string of the molecule is COC(=O)CC(=O)c1cc(Cl)c2[nH]cc(C)c2c1. The van der Waals surface area contributed by atoms with Crippen molar-refractivity contribution in [2.24, 2.45) is 0 Å². The Hall–Kier alpha value is -1.81. The molecule has 1 aromatic carbocycles. The van der Waals surface area contributed by atoms with Crippen LogP contribution in [0.5, 0.6) is 0 Å². The zero-order valence-electron chi connectivity index (χ0n) is 10.0. The number of rotatable bonds is 3. The fraction of sp³-hybridized carbons (Fsp3) is 0.231. The second-order valence-electron chi connectivity index (χ2n) is 4.03. The molecule has 0 aliphatic heterocycles. The fourth-order valence-electron chi connectivity index (χ4n) is 1.79. The normalized spacial score (nSPS) is 10.6. The molecule has 1 N–H and O–H groups in total. The van der Waals surface area contributed by atoms with Gasteiger partial charge in [-0.05, 0) is 24.6 Å². The molecular formula is C13H12ClNO3. The second-order valence-corrected chi connectivity index (χ2v) is 4.44. The van der Waals surface area contributed by atoms with Crippen LogP contribution in [-0.4, -0.2) is 23.8 Å². The number of carbonyl (C=O) groups excluding carboxylic acids is 2. The minimum absolute atomic E-state index is 0.276. The van der Waals surface area contributed by atoms with E-state index in [0.717, 1.165) is 16.5 Å². The highest BCUT2D eigenvalue weighted by atomic mass is 35.5. The predicted molar refractivity (Wildman–Crippen MR) is 69.0 cm³/mol. The van der Waals surface area contributed by atoms with Gasteiger partial charge in [0.05, 0.1) is 17.6 Å². The molecule has 1 heterocycles. The number of esters is 1. The maximum atomic E-state index is 11.9. The third-order valence-electron chi connectivity index (χ3n) is 2.80. The van der Waals surface area contributed by atoms with Crippen molar-refractivity contribution in [3.05, 3.63) is 34.5 Å². The molecule has 0 aliphatic carbocycles. The van der Waals surface area contributed by atoms with Crippen molar-refractivity contribution >= 4 is 34.3 Å². The van der Waals surface area contributed by atoms with E-state index in [1.165, 1.54) is 7.11 Å². The number of halogens is 1. The zero-order valence-corrected chi connectivity index (χ0v) is 10.8. The van der Waals surface area contributed by atoms with Crippen LogP contribution < -0.4 is 0 Å². The summed E-state index contributed by atoms with van der Waals surface area (Å²) in [6.45, 7) is 1.92. The van der Waals surface area contributed by atoms with E-state index in [0.29, 0.717) is 10.6 Å². The highest BCUT2D eigenvalue weighted by Crippen LogP contribution is 2.27. The molecule has 0 fully saturated rings. The van der Waals surface area contributed by atoms with Gasteiger partial charge in [-0.3, -0.25) is 9.59 Å². The number of aromatic nitrogens is 1. The average molecular weight is 266 g/mol. The molecule has 18 heavy (non-hydrogen) atoms.